The van der Waals surface area contributed by atoms with Crippen LogP contribution in [0.5, 0.6) is 0 Å². The van der Waals surface area contributed by atoms with Gasteiger partial charge in [0.05, 0.1) is 12.1 Å². The molecule has 0 aromatic carbocycles. The Morgan fingerprint density at radius 1 is 1.35 bits per heavy atom. The van der Waals surface area contributed by atoms with Crippen LogP contribution in [0.4, 0.5) is 0 Å². The van der Waals surface area contributed by atoms with Crippen molar-refractivity contribution in [3.63, 3.8) is 0 Å². The minimum absolute atomic E-state index is 0.0817. The van der Waals surface area contributed by atoms with Gasteiger partial charge in [-0.15, -0.1) is 0 Å². The quantitative estimate of drug-likeness (QED) is 0.760. The Bertz CT molecular complexity index is 242. The van der Waals surface area contributed by atoms with E-state index in [-0.39, 0.29) is 24.1 Å². The molecule has 3 atom stereocenters. The Kier molecular flexibility index (Phi) is 5.92. The molecular weight excluding hydrogens is 216 g/mol. The molecule has 1 saturated carbocycles. The highest BCUT2D eigenvalue weighted by Crippen LogP contribution is 2.18. The molecule has 1 rings (SSSR count). The molecule has 4 nitrogen and oxygen atoms in total. The Hall–Kier alpha value is -0.610. The van der Waals surface area contributed by atoms with E-state index in [1.54, 1.807) is 0 Å². The number of hydrogen-bond acceptors (Lipinski definition) is 3. The molecule has 1 amide bonds. The summed E-state index contributed by atoms with van der Waals surface area (Å²) in [7, 11) is 0. The predicted molar refractivity (Wildman–Crippen MR) is 68.8 cm³/mol. The van der Waals surface area contributed by atoms with Crippen molar-refractivity contribution in [1.82, 2.24) is 10.2 Å². The van der Waals surface area contributed by atoms with Crippen molar-refractivity contribution >= 4 is 5.91 Å². The van der Waals surface area contributed by atoms with Crippen molar-refractivity contribution in [2.75, 3.05) is 13.1 Å². The highest BCUT2D eigenvalue weighted by molar-refractivity contribution is 5.81. The van der Waals surface area contributed by atoms with Crippen molar-refractivity contribution in [2.24, 2.45) is 0 Å². The zero-order valence-corrected chi connectivity index (χ0v) is 11.3. The van der Waals surface area contributed by atoms with Crippen molar-refractivity contribution < 1.29 is 9.90 Å². The van der Waals surface area contributed by atoms with Crippen molar-refractivity contribution in [2.45, 2.75) is 64.6 Å². The van der Waals surface area contributed by atoms with Gasteiger partial charge < -0.3 is 15.3 Å². The second-order valence-electron chi connectivity index (χ2n) is 4.86. The van der Waals surface area contributed by atoms with E-state index in [9.17, 15) is 9.90 Å². The van der Waals surface area contributed by atoms with Crippen LogP contribution in [-0.4, -0.2) is 47.2 Å². The van der Waals surface area contributed by atoms with Gasteiger partial charge in [-0.2, -0.15) is 0 Å². The molecule has 100 valence electrons. The summed E-state index contributed by atoms with van der Waals surface area (Å²) in [5.41, 5.74) is 0. The fourth-order valence-corrected chi connectivity index (χ4v) is 2.51. The molecule has 2 N–H and O–H groups in total. The van der Waals surface area contributed by atoms with Crippen LogP contribution in [-0.2, 0) is 4.79 Å². The number of rotatable bonds is 5. The second-order valence-corrected chi connectivity index (χ2v) is 4.86. The maximum Gasteiger partial charge on any atom is 0.239 e. The van der Waals surface area contributed by atoms with Gasteiger partial charge in [-0.3, -0.25) is 4.79 Å². The first kappa shape index (κ1) is 14.5. The third-order valence-electron chi connectivity index (χ3n) is 3.64. The summed E-state index contributed by atoms with van der Waals surface area (Å²) < 4.78 is 0. The average Bonchev–Trinajstić information content (AvgIpc) is 2.33. The third-order valence-corrected chi connectivity index (χ3v) is 3.64. The number of aliphatic hydroxyl groups is 1. The molecule has 0 radical (unpaired) electrons. The number of aliphatic hydroxyl groups excluding tert-OH is 1. The lowest BCUT2D eigenvalue weighted by Gasteiger charge is -2.32. The molecule has 1 aliphatic carbocycles. The van der Waals surface area contributed by atoms with E-state index in [0.717, 1.165) is 38.8 Å². The molecule has 4 heteroatoms. The van der Waals surface area contributed by atoms with Crippen LogP contribution >= 0.6 is 0 Å². The normalized spacial score (nSPS) is 26.6. The van der Waals surface area contributed by atoms with E-state index in [1.165, 1.54) is 0 Å². The molecule has 0 heterocycles. The first-order valence-corrected chi connectivity index (χ1v) is 6.83. The molecule has 0 spiro atoms. The summed E-state index contributed by atoms with van der Waals surface area (Å²) in [6.45, 7) is 7.36. The molecule has 0 aliphatic heterocycles. The molecule has 3 unspecified atom stereocenters. The third kappa shape index (κ3) is 3.96. The number of nitrogens with zero attached hydrogens (tertiary/aromatic N) is 1. The fraction of sp³-hybridized carbons (Fsp3) is 0.923. The zero-order valence-electron chi connectivity index (χ0n) is 11.3. The van der Waals surface area contributed by atoms with Crippen LogP contribution in [0, 0.1) is 0 Å². The van der Waals surface area contributed by atoms with Gasteiger partial charge in [-0.05, 0) is 33.6 Å². The lowest BCUT2D eigenvalue weighted by atomic mass is 9.92. The fourth-order valence-electron chi connectivity index (χ4n) is 2.51. The van der Waals surface area contributed by atoms with Gasteiger partial charge in [0.15, 0.2) is 0 Å². The number of amides is 1. The molecule has 17 heavy (non-hydrogen) atoms. The van der Waals surface area contributed by atoms with Gasteiger partial charge >= 0.3 is 0 Å². The topological polar surface area (TPSA) is 52.6 Å². The molecule has 0 bridgehead atoms. The number of hydrogen-bond donors (Lipinski definition) is 2. The molecule has 0 aromatic heterocycles. The largest absolute Gasteiger partial charge is 0.392 e. The zero-order chi connectivity index (χ0) is 12.8. The van der Waals surface area contributed by atoms with Crippen LogP contribution in [0.3, 0.4) is 0 Å². The summed E-state index contributed by atoms with van der Waals surface area (Å²) in [6.07, 6.45) is 3.76. The van der Waals surface area contributed by atoms with Crippen LogP contribution in [0.15, 0.2) is 0 Å². The minimum Gasteiger partial charge on any atom is -0.392 e. The van der Waals surface area contributed by atoms with E-state index in [2.05, 4.69) is 5.32 Å². The van der Waals surface area contributed by atoms with E-state index in [1.807, 2.05) is 25.7 Å². The summed E-state index contributed by atoms with van der Waals surface area (Å²) in [5.74, 6) is 0.132. The molecular formula is C13H26N2O2. The highest BCUT2D eigenvalue weighted by Gasteiger charge is 2.27. The Morgan fingerprint density at radius 3 is 2.47 bits per heavy atom. The Morgan fingerprint density at radius 2 is 1.94 bits per heavy atom. The summed E-state index contributed by atoms with van der Waals surface area (Å²) >= 11 is 0. The number of nitrogens with one attached hydrogen (secondary N) is 1. The number of carbonyl (C=O) groups is 1. The van der Waals surface area contributed by atoms with E-state index in [4.69, 9.17) is 0 Å². The first-order valence-electron chi connectivity index (χ1n) is 6.83. The summed E-state index contributed by atoms with van der Waals surface area (Å²) in [4.78, 5) is 13.9. The van der Waals surface area contributed by atoms with Crippen LogP contribution in [0.1, 0.15) is 46.5 Å². The average molecular weight is 242 g/mol. The molecule has 0 aromatic rings. The van der Waals surface area contributed by atoms with Gasteiger partial charge in [0, 0.05) is 19.1 Å². The van der Waals surface area contributed by atoms with Gasteiger partial charge in [-0.1, -0.05) is 12.8 Å². The standard InChI is InChI=1S/C13H26N2O2/c1-4-15(5-2)13(17)10(3)14-11-8-6-7-9-12(11)16/h10-12,14,16H,4-9H2,1-3H3. The minimum atomic E-state index is -0.296. The molecule has 1 aliphatic rings. The summed E-state index contributed by atoms with van der Waals surface area (Å²) in [6, 6.07) is -0.120. The molecule has 0 saturated heterocycles. The maximum absolute atomic E-state index is 12.1. The van der Waals surface area contributed by atoms with Gasteiger partial charge in [0.25, 0.3) is 0 Å². The maximum atomic E-state index is 12.1. The van der Waals surface area contributed by atoms with Crippen molar-refractivity contribution in [1.29, 1.82) is 0 Å². The SMILES string of the molecule is CCN(CC)C(=O)C(C)NC1CCCCC1O. The van der Waals surface area contributed by atoms with E-state index < -0.39 is 0 Å². The molecule has 1 fully saturated rings. The lowest BCUT2D eigenvalue weighted by Crippen LogP contribution is -2.52. The van der Waals surface area contributed by atoms with E-state index in [0.29, 0.717) is 0 Å². The van der Waals surface area contributed by atoms with Gasteiger partial charge in [0.1, 0.15) is 0 Å². The van der Waals surface area contributed by atoms with Crippen LogP contribution < -0.4 is 5.32 Å². The van der Waals surface area contributed by atoms with Gasteiger partial charge in [-0.25, -0.2) is 0 Å². The van der Waals surface area contributed by atoms with Crippen LogP contribution in [0.2, 0.25) is 0 Å². The predicted octanol–water partition coefficient (Wildman–Crippen LogP) is 1.14. The second kappa shape index (κ2) is 6.97. The Balaban J connectivity index is 2.46. The number of carbonyl (C=O) groups excluding carboxylic acids is 1. The van der Waals surface area contributed by atoms with E-state index >= 15 is 0 Å². The van der Waals surface area contributed by atoms with Gasteiger partial charge in [0.2, 0.25) is 5.91 Å². The smallest absolute Gasteiger partial charge is 0.239 e. The Labute approximate surface area is 104 Å². The number of likely N-dealkylation sites (N-methyl/N-ethyl adjacent to an activating group) is 1. The lowest BCUT2D eigenvalue weighted by molar-refractivity contribution is -0.133. The van der Waals surface area contributed by atoms with Crippen molar-refractivity contribution in [3.8, 4) is 0 Å². The van der Waals surface area contributed by atoms with Crippen molar-refractivity contribution in [3.05, 3.63) is 0 Å². The monoisotopic (exact) mass is 242 g/mol. The first-order chi connectivity index (χ1) is 8.10. The highest BCUT2D eigenvalue weighted by atomic mass is 16.3. The summed E-state index contributed by atoms with van der Waals surface area (Å²) in [5, 5.41) is 13.1. The van der Waals surface area contributed by atoms with Crippen LogP contribution in [0.25, 0.3) is 0 Å².